The van der Waals surface area contributed by atoms with Crippen LogP contribution >= 0.6 is 0 Å². The molecule has 0 bridgehead atoms. The first-order chi connectivity index (χ1) is 15.2. The largest absolute Gasteiger partial charge is 0.103 e. The minimum absolute atomic E-state index is 0.754. The molecule has 0 heteroatoms. The molecule has 0 atom stereocenters. The van der Waals surface area contributed by atoms with Crippen LogP contribution < -0.4 is 0 Å². The van der Waals surface area contributed by atoms with E-state index in [0.29, 0.717) is 0 Å². The Bertz CT molecular complexity index is 671. The van der Waals surface area contributed by atoms with E-state index < -0.39 is 0 Å². The summed E-state index contributed by atoms with van der Waals surface area (Å²) in [5, 5.41) is 0. The number of allylic oxidation sites excluding steroid dienone is 2. The third kappa shape index (κ3) is 6.36. The maximum absolute atomic E-state index is 3.98. The molecular weight excluding hydrogens is 372 g/mol. The van der Waals surface area contributed by atoms with Crippen LogP contribution in [0.15, 0.2) is 43.0 Å². The molecule has 0 unspecified atom stereocenters. The first kappa shape index (κ1) is 22.9. The van der Waals surface area contributed by atoms with E-state index in [4.69, 9.17) is 0 Å². The zero-order valence-corrected chi connectivity index (χ0v) is 20.1. The van der Waals surface area contributed by atoms with Gasteiger partial charge >= 0.3 is 0 Å². The average Bonchev–Trinajstić information content (AvgIpc) is 2.84. The number of benzene rings is 1. The highest BCUT2D eigenvalue weighted by Gasteiger charge is 2.30. The molecule has 0 amide bonds. The summed E-state index contributed by atoms with van der Waals surface area (Å²) in [7, 11) is 0. The van der Waals surface area contributed by atoms with Gasteiger partial charge in [0.1, 0.15) is 0 Å². The van der Waals surface area contributed by atoms with Crippen molar-refractivity contribution in [2.75, 3.05) is 0 Å². The fraction of sp³-hybridized carbons (Fsp3) is 0.677. The van der Waals surface area contributed by atoms with Gasteiger partial charge in [0, 0.05) is 0 Å². The van der Waals surface area contributed by atoms with Crippen LogP contribution in [0.2, 0.25) is 0 Å². The lowest BCUT2D eigenvalue weighted by atomic mass is 9.68. The molecule has 1 aromatic carbocycles. The van der Waals surface area contributed by atoms with Crippen LogP contribution in [-0.2, 0) is 0 Å². The summed E-state index contributed by atoms with van der Waals surface area (Å²) in [5.41, 5.74) is 2.94. The van der Waals surface area contributed by atoms with Gasteiger partial charge in [0.05, 0.1) is 0 Å². The van der Waals surface area contributed by atoms with Crippen LogP contribution in [0.1, 0.15) is 114 Å². The van der Waals surface area contributed by atoms with Gasteiger partial charge in [0.15, 0.2) is 0 Å². The Kier molecular flexibility index (Phi) is 8.51. The van der Waals surface area contributed by atoms with E-state index in [1.807, 2.05) is 0 Å². The Balaban J connectivity index is 1.20. The Hall–Kier alpha value is -1.30. The predicted molar refractivity (Wildman–Crippen MR) is 136 cm³/mol. The Morgan fingerprint density at radius 3 is 1.90 bits per heavy atom. The van der Waals surface area contributed by atoms with Crippen molar-refractivity contribution in [3.63, 3.8) is 0 Å². The van der Waals surface area contributed by atoms with Crippen molar-refractivity contribution in [3.05, 3.63) is 54.1 Å². The second kappa shape index (κ2) is 11.5. The van der Waals surface area contributed by atoms with Gasteiger partial charge in [-0.25, -0.2) is 0 Å². The van der Waals surface area contributed by atoms with Crippen molar-refractivity contribution >= 4 is 6.08 Å². The van der Waals surface area contributed by atoms with Gasteiger partial charge in [-0.3, -0.25) is 0 Å². The summed E-state index contributed by atoms with van der Waals surface area (Å²) in [6, 6.07) is 9.49. The molecule has 4 rings (SSSR count). The molecule has 0 aliphatic heterocycles. The molecule has 1 aromatic rings. The highest BCUT2D eigenvalue weighted by atomic mass is 14.4. The highest BCUT2D eigenvalue weighted by Crippen LogP contribution is 2.42. The summed E-state index contributed by atoms with van der Waals surface area (Å²) < 4.78 is 0. The molecule has 0 radical (unpaired) electrons. The highest BCUT2D eigenvalue weighted by molar-refractivity contribution is 5.50. The third-order valence-corrected chi connectivity index (χ3v) is 9.15. The van der Waals surface area contributed by atoms with Crippen molar-refractivity contribution in [2.45, 2.75) is 103 Å². The molecule has 0 saturated heterocycles. The molecule has 3 fully saturated rings. The average molecular weight is 419 g/mol. The molecule has 0 nitrogen and oxygen atoms in total. The maximum atomic E-state index is 3.98. The van der Waals surface area contributed by atoms with Gasteiger partial charge in [0.2, 0.25) is 0 Å². The van der Waals surface area contributed by atoms with Crippen molar-refractivity contribution in [2.24, 2.45) is 29.6 Å². The monoisotopic (exact) mass is 418 g/mol. The Morgan fingerprint density at radius 1 is 0.742 bits per heavy atom. The fourth-order valence-corrected chi connectivity index (χ4v) is 6.98. The smallest absolute Gasteiger partial charge is 0.0162 e. The first-order valence-corrected chi connectivity index (χ1v) is 13.7. The summed E-state index contributed by atoms with van der Waals surface area (Å²) in [6.07, 6.45) is 27.1. The third-order valence-electron chi connectivity index (χ3n) is 9.15. The van der Waals surface area contributed by atoms with E-state index in [2.05, 4.69) is 56.0 Å². The predicted octanol–water partition coefficient (Wildman–Crippen LogP) is 9.57. The van der Waals surface area contributed by atoms with E-state index in [0.717, 1.165) is 35.5 Å². The number of rotatable bonds is 7. The molecule has 0 aromatic heterocycles. The minimum atomic E-state index is 0.754. The van der Waals surface area contributed by atoms with E-state index in [1.54, 1.807) is 5.56 Å². The van der Waals surface area contributed by atoms with Crippen LogP contribution in [0, 0.1) is 29.6 Å². The van der Waals surface area contributed by atoms with Crippen LogP contribution in [-0.4, -0.2) is 0 Å². The molecule has 0 spiro atoms. The van der Waals surface area contributed by atoms with Gasteiger partial charge in [0.25, 0.3) is 0 Å². The Morgan fingerprint density at radius 2 is 1.32 bits per heavy atom. The molecule has 3 aliphatic carbocycles. The van der Waals surface area contributed by atoms with E-state index in [1.165, 1.54) is 95.5 Å². The van der Waals surface area contributed by atoms with Crippen molar-refractivity contribution in [1.29, 1.82) is 0 Å². The lowest BCUT2D eigenvalue weighted by molar-refractivity contribution is 0.152. The summed E-state index contributed by atoms with van der Waals surface area (Å²) in [6.45, 7) is 6.33. The SMILES string of the molecule is C=CC1CCC(c2ccc(C=CC3CCC(C4CCC(CCC)CC4)CC3)cc2)CC1. The van der Waals surface area contributed by atoms with Gasteiger partial charge in [-0.1, -0.05) is 75.1 Å². The lowest BCUT2D eigenvalue weighted by Crippen LogP contribution is -2.25. The van der Waals surface area contributed by atoms with E-state index in [-0.39, 0.29) is 0 Å². The van der Waals surface area contributed by atoms with E-state index in [9.17, 15) is 0 Å². The standard InChI is InChI=1S/C31H46/c1-3-5-25-10-18-29(19-11-25)31-22-14-27(15-23-31)7-6-26-12-20-30(21-13-26)28-16-8-24(4-2)9-17-28/h4,6-7,12-13,20-21,24-25,27-29,31H,2-3,5,8-11,14-19,22-23H2,1H3. The van der Waals surface area contributed by atoms with Crippen LogP contribution in [0.3, 0.4) is 0 Å². The Labute approximate surface area is 192 Å². The topological polar surface area (TPSA) is 0 Å². The normalized spacial score (nSPS) is 34.6. The molecule has 0 N–H and O–H groups in total. The number of hydrogen-bond acceptors (Lipinski definition) is 0. The maximum Gasteiger partial charge on any atom is -0.0162 e. The molecule has 0 heterocycles. The van der Waals surface area contributed by atoms with Gasteiger partial charge in [-0.15, -0.1) is 6.58 Å². The van der Waals surface area contributed by atoms with Crippen LogP contribution in [0.5, 0.6) is 0 Å². The second-order valence-electron chi connectivity index (χ2n) is 11.1. The fourth-order valence-electron chi connectivity index (χ4n) is 6.98. The lowest BCUT2D eigenvalue weighted by Gasteiger charge is -2.37. The molecule has 31 heavy (non-hydrogen) atoms. The van der Waals surface area contributed by atoms with Crippen LogP contribution in [0.25, 0.3) is 6.08 Å². The van der Waals surface area contributed by atoms with Crippen molar-refractivity contribution < 1.29 is 0 Å². The minimum Gasteiger partial charge on any atom is -0.103 e. The first-order valence-electron chi connectivity index (χ1n) is 13.7. The zero-order chi connectivity index (χ0) is 21.5. The van der Waals surface area contributed by atoms with Gasteiger partial charge < -0.3 is 0 Å². The second-order valence-corrected chi connectivity index (χ2v) is 11.1. The van der Waals surface area contributed by atoms with Crippen LogP contribution in [0.4, 0.5) is 0 Å². The zero-order valence-electron chi connectivity index (χ0n) is 20.1. The summed E-state index contributed by atoms with van der Waals surface area (Å²) in [4.78, 5) is 0. The quantitative estimate of drug-likeness (QED) is 0.387. The van der Waals surface area contributed by atoms with Crippen molar-refractivity contribution in [1.82, 2.24) is 0 Å². The molecular formula is C31H46. The van der Waals surface area contributed by atoms with Gasteiger partial charge in [-0.05, 0) is 111 Å². The molecule has 3 saturated carbocycles. The summed E-state index contributed by atoms with van der Waals surface area (Å²) >= 11 is 0. The molecule has 3 aliphatic rings. The number of hydrogen-bond donors (Lipinski definition) is 0. The summed E-state index contributed by atoms with van der Waals surface area (Å²) in [5.74, 6) is 5.46. The van der Waals surface area contributed by atoms with Crippen molar-refractivity contribution in [3.8, 4) is 0 Å². The van der Waals surface area contributed by atoms with Gasteiger partial charge in [-0.2, -0.15) is 0 Å². The van der Waals surface area contributed by atoms with E-state index >= 15 is 0 Å². The molecule has 170 valence electrons.